The van der Waals surface area contributed by atoms with E-state index in [0.717, 1.165) is 0 Å². The Labute approximate surface area is 97.8 Å². The number of rotatable bonds is 3. The summed E-state index contributed by atoms with van der Waals surface area (Å²) < 4.78 is 109. The fraction of sp³-hybridized carbons (Fsp3) is 1.00. The summed E-state index contributed by atoms with van der Waals surface area (Å²) in [5.74, 6) is 0. The second-order valence-corrected chi connectivity index (χ2v) is 5.10. The van der Waals surface area contributed by atoms with E-state index in [2.05, 4.69) is 0 Å². The fourth-order valence-corrected chi connectivity index (χ4v) is 2.11. The van der Waals surface area contributed by atoms with Crippen molar-refractivity contribution in [3.8, 4) is 0 Å². The van der Waals surface area contributed by atoms with Gasteiger partial charge in [-0.15, -0.1) is 0 Å². The van der Waals surface area contributed by atoms with Crippen LogP contribution in [0.1, 0.15) is 0 Å². The quantitative estimate of drug-likeness (QED) is 0.446. The molecule has 14 heteroatoms. The van der Waals surface area contributed by atoms with Crippen LogP contribution in [0.3, 0.4) is 0 Å². The van der Waals surface area contributed by atoms with E-state index in [1.54, 1.807) is 0 Å². The summed E-state index contributed by atoms with van der Waals surface area (Å²) in [6.07, 6.45) is -6.57. The number of nitrogens with one attached hydrogen (secondary N) is 1. The largest absolute Gasteiger partial charge is 0.471 e. The molecule has 0 aromatic rings. The van der Waals surface area contributed by atoms with E-state index in [0.29, 0.717) is 0 Å². The molecular weight excluding hydrogens is 287 g/mol. The molecule has 0 rings (SSSR count). The summed E-state index contributed by atoms with van der Waals surface area (Å²) in [7, 11) is -13.0. The van der Waals surface area contributed by atoms with Gasteiger partial charge in [-0.05, 0) is 0 Å². The van der Waals surface area contributed by atoms with Crippen molar-refractivity contribution in [3.05, 3.63) is 0 Å². The SMILES string of the molecule is O=S(=O)(F)NS(=O)(=O)C(F)(F)C(F)(F)F.[Li]. The van der Waals surface area contributed by atoms with Crippen LogP contribution >= 0.6 is 0 Å². The van der Waals surface area contributed by atoms with E-state index < -0.39 is 36.0 Å². The first-order valence-electron chi connectivity index (χ1n) is 2.63. The molecule has 0 saturated carbocycles. The molecule has 0 aromatic heterocycles. The van der Waals surface area contributed by atoms with Crippen LogP contribution in [0.5, 0.6) is 0 Å². The van der Waals surface area contributed by atoms with Crippen molar-refractivity contribution < 1.29 is 42.7 Å². The van der Waals surface area contributed by atoms with Gasteiger partial charge in [0.25, 0.3) is 0 Å². The van der Waals surface area contributed by atoms with Gasteiger partial charge >= 0.3 is 31.9 Å². The van der Waals surface area contributed by atoms with Crippen LogP contribution in [0.4, 0.5) is 25.8 Å². The average molecular weight is 288 g/mol. The first-order chi connectivity index (χ1) is 6.21. The minimum absolute atomic E-state index is 0. The smallest absolute Gasteiger partial charge is 0.205 e. The molecule has 0 aromatic carbocycles. The van der Waals surface area contributed by atoms with Crippen LogP contribution < -0.4 is 4.13 Å². The van der Waals surface area contributed by atoms with Crippen molar-refractivity contribution in [1.29, 1.82) is 0 Å². The van der Waals surface area contributed by atoms with Gasteiger partial charge in [0, 0.05) is 18.9 Å². The van der Waals surface area contributed by atoms with Crippen LogP contribution in [-0.2, 0) is 20.4 Å². The summed E-state index contributed by atoms with van der Waals surface area (Å²) >= 11 is 0. The predicted molar refractivity (Wildman–Crippen MR) is 38.8 cm³/mol. The molecule has 0 atom stereocenters. The molecule has 0 aliphatic carbocycles. The van der Waals surface area contributed by atoms with Crippen molar-refractivity contribution in [2.24, 2.45) is 0 Å². The first-order valence-corrected chi connectivity index (χ1v) is 5.49. The van der Waals surface area contributed by atoms with Gasteiger partial charge in [-0.1, -0.05) is 8.01 Å². The topological polar surface area (TPSA) is 80.3 Å². The molecule has 0 bridgehead atoms. The third-order valence-electron chi connectivity index (χ3n) is 0.877. The molecule has 5 nitrogen and oxygen atoms in total. The summed E-state index contributed by atoms with van der Waals surface area (Å²) in [4.78, 5) is 0. The van der Waals surface area contributed by atoms with Gasteiger partial charge < -0.3 is 0 Å². The molecule has 0 aliphatic rings. The fourth-order valence-electron chi connectivity index (χ4n) is 0.336. The molecule has 16 heavy (non-hydrogen) atoms. The maximum atomic E-state index is 12.0. The summed E-state index contributed by atoms with van der Waals surface area (Å²) in [6.45, 7) is 0. The molecule has 0 spiro atoms. The van der Waals surface area contributed by atoms with Gasteiger partial charge in [0.1, 0.15) is 0 Å². The minimum Gasteiger partial charge on any atom is -0.205 e. The Balaban J connectivity index is 0. The van der Waals surface area contributed by atoms with Crippen LogP contribution in [0.25, 0.3) is 0 Å². The van der Waals surface area contributed by atoms with E-state index in [4.69, 9.17) is 0 Å². The van der Waals surface area contributed by atoms with E-state index in [1.807, 2.05) is 0 Å². The third kappa shape index (κ3) is 4.13. The molecule has 0 fully saturated rings. The van der Waals surface area contributed by atoms with Crippen molar-refractivity contribution in [2.75, 3.05) is 0 Å². The van der Waals surface area contributed by atoms with Crippen molar-refractivity contribution in [3.63, 3.8) is 0 Å². The molecule has 0 heterocycles. The average Bonchev–Trinajstić information content (AvgIpc) is 1.77. The Morgan fingerprint density at radius 2 is 1.19 bits per heavy atom. The molecule has 1 radical (unpaired) electrons. The molecule has 0 aliphatic heterocycles. The van der Waals surface area contributed by atoms with Crippen LogP contribution in [0.2, 0.25) is 0 Å². The van der Waals surface area contributed by atoms with Gasteiger partial charge in [0.2, 0.25) is 0 Å². The molecule has 93 valence electrons. The number of hydrogen-bond acceptors (Lipinski definition) is 4. The van der Waals surface area contributed by atoms with Crippen LogP contribution in [0.15, 0.2) is 0 Å². The maximum Gasteiger partial charge on any atom is 0.471 e. The normalized spacial score (nSPS) is 14.4. The zero-order valence-corrected chi connectivity index (χ0v) is 8.85. The Bertz CT molecular complexity index is 438. The second-order valence-electron chi connectivity index (χ2n) is 2.04. The Morgan fingerprint density at radius 3 is 1.38 bits per heavy atom. The third-order valence-corrected chi connectivity index (χ3v) is 3.46. The molecular formula is C2HF6LiNO4S2. The van der Waals surface area contributed by atoms with E-state index in [-0.39, 0.29) is 18.9 Å². The van der Waals surface area contributed by atoms with Gasteiger partial charge in [-0.25, -0.2) is 8.42 Å². The molecule has 0 saturated heterocycles. The van der Waals surface area contributed by atoms with Gasteiger partial charge in [-0.3, -0.25) is 0 Å². The van der Waals surface area contributed by atoms with Gasteiger partial charge in [-0.2, -0.15) is 30.4 Å². The molecule has 0 amide bonds. The second kappa shape index (κ2) is 4.73. The maximum absolute atomic E-state index is 12.0. The number of alkyl halides is 5. The molecule has 0 unspecified atom stereocenters. The summed E-state index contributed by atoms with van der Waals surface area (Å²) in [6, 6.07) is 0. The van der Waals surface area contributed by atoms with Crippen molar-refractivity contribution in [1.82, 2.24) is 4.13 Å². The monoisotopic (exact) mass is 288 g/mol. The van der Waals surface area contributed by atoms with E-state index in [1.165, 1.54) is 0 Å². The Hall–Kier alpha value is 0.0374. The number of hydrogen-bond donors (Lipinski definition) is 1. The van der Waals surface area contributed by atoms with Crippen molar-refractivity contribution in [2.45, 2.75) is 11.4 Å². The zero-order chi connectivity index (χ0) is 12.7. The van der Waals surface area contributed by atoms with Gasteiger partial charge in [0.05, 0.1) is 0 Å². The molecule has 1 N–H and O–H groups in total. The van der Waals surface area contributed by atoms with Crippen molar-refractivity contribution >= 4 is 39.3 Å². The van der Waals surface area contributed by atoms with Gasteiger partial charge in [0.15, 0.2) is 0 Å². The zero-order valence-electron chi connectivity index (χ0n) is 7.22. The first kappa shape index (κ1) is 18.4. The number of sulfonamides is 1. The standard InChI is InChI=1S/C2HF6NO4S2.Li/c3-1(4,5)2(6,7)14(10,11)9-15(8,12)13;/h9H;. The number of halogens is 6. The van der Waals surface area contributed by atoms with Crippen LogP contribution in [-0.4, -0.2) is 47.1 Å². The summed E-state index contributed by atoms with van der Waals surface area (Å²) in [5, 5.41) is -6.42. The Kier molecular flexibility index (Phi) is 5.44. The van der Waals surface area contributed by atoms with Crippen LogP contribution in [0, 0.1) is 0 Å². The minimum atomic E-state index is -6.75. The van der Waals surface area contributed by atoms with E-state index in [9.17, 15) is 42.7 Å². The summed E-state index contributed by atoms with van der Waals surface area (Å²) in [5.41, 5.74) is 0. The predicted octanol–water partition coefficient (Wildman–Crippen LogP) is -0.106. The Morgan fingerprint density at radius 1 is 0.875 bits per heavy atom. The van der Waals surface area contributed by atoms with E-state index >= 15 is 0 Å².